The van der Waals surface area contributed by atoms with Crippen molar-refractivity contribution in [2.45, 2.75) is 11.3 Å². The van der Waals surface area contributed by atoms with Crippen molar-refractivity contribution in [3.8, 4) is 0 Å². The molecule has 0 heterocycles. The van der Waals surface area contributed by atoms with Crippen LogP contribution in [-0.4, -0.2) is 32.7 Å². The molecule has 1 aromatic rings. The van der Waals surface area contributed by atoms with Crippen LogP contribution in [-0.2, 0) is 9.47 Å². The van der Waals surface area contributed by atoms with Gasteiger partial charge in [0.1, 0.15) is 0 Å². The van der Waals surface area contributed by atoms with E-state index in [0.717, 1.165) is 36.9 Å². The summed E-state index contributed by atoms with van der Waals surface area (Å²) < 4.78 is 10.4. The molecule has 0 saturated heterocycles. The smallest absolute Gasteiger partial charge is 0.0646 e. The number of rotatable bonds is 8. The van der Waals surface area contributed by atoms with Crippen LogP contribution in [0.15, 0.2) is 23.1 Å². The average molecular weight is 276 g/mol. The number of thioether (sulfide) groups is 1. The van der Waals surface area contributed by atoms with E-state index in [1.54, 1.807) is 18.9 Å². The predicted molar refractivity (Wildman–Crippen MR) is 73.9 cm³/mol. The van der Waals surface area contributed by atoms with Crippen LogP contribution in [0.1, 0.15) is 6.42 Å². The van der Waals surface area contributed by atoms with Crippen molar-refractivity contribution in [2.24, 2.45) is 0 Å². The van der Waals surface area contributed by atoms with Crippen LogP contribution in [0.2, 0.25) is 5.02 Å². The minimum absolute atomic E-state index is 0.607. The van der Waals surface area contributed by atoms with Gasteiger partial charge in [-0.25, -0.2) is 0 Å². The minimum Gasteiger partial charge on any atom is -0.398 e. The molecule has 17 heavy (non-hydrogen) atoms. The number of halogens is 1. The Balaban J connectivity index is 2.11. The first kappa shape index (κ1) is 14.6. The first-order valence-electron chi connectivity index (χ1n) is 5.48. The van der Waals surface area contributed by atoms with E-state index >= 15 is 0 Å². The van der Waals surface area contributed by atoms with Gasteiger partial charge in [-0.05, 0) is 24.6 Å². The number of nitrogens with two attached hydrogens (primary N) is 1. The highest BCUT2D eigenvalue weighted by Crippen LogP contribution is 2.26. The second kappa shape index (κ2) is 8.64. The number of hydrogen-bond acceptors (Lipinski definition) is 4. The third-order valence-electron chi connectivity index (χ3n) is 2.11. The van der Waals surface area contributed by atoms with Gasteiger partial charge in [-0.3, -0.25) is 0 Å². The summed E-state index contributed by atoms with van der Waals surface area (Å²) >= 11 is 7.64. The van der Waals surface area contributed by atoms with Gasteiger partial charge in [0.15, 0.2) is 0 Å². The molecule has 0 aromatic heterocycles. The van der Waals surface area contributed by atoms with Crippen LogP contribution in [0.3, 0.4) is 0 Å². The summed E-state index contributed by atoms with van der Waals surface area (Å²) in [5.74, 6) is 0.910. The van der Waals surface area contributed by atoms with E-state index in [-0.39, 0.29) is 0 Å². The van der Waals surface area contributed by atoms with Crippen molar-refractivity contribution in [1.82, 2.24) is 0 Å². The largest absolute Gasteiger partial charge is 0.398 e. The summed E-state index contributed by atoms with van der Waals surface area (Å²) in [6.07, 6.45) is 0.939. The Morgan fingerprint density at radius 1 is 1.29 bits per heavy atom. The maximum atomic E-state index is 5.93. The molecule has 0 aliphatic carbocycles. The Morgan fingerprint density at radius 2 is 2.12 bits per heavy atom. The topological polar surface area (TPSA) is 44.5 Å². The molecule has 96 valence electrons. The Labute approximate surface area is 112 Å². The maximum Gasteiger partial charge on any atom is 0.0646 e. The monoisotopic (exact) mass is 275 g/mol. The van der Waals surface area contributed by atoms with Crippen LogP contribution in [0.25, 0.3) is 0 Å². The van der Waals surface area contributed by atoms with E-state index in [4.69, 9.17) is 26.8 Å². The Bertz CT molecular complexity index is 336. The van der Waals surface area contributed by atoms with Crippen LogP contribution in [0.5, 0.6) is 0 Å². The van der Waals surface area contributed by atoms with Crippen molar-refractivity contribution in [1.29, 1.82) is 0 Å². The fourth-order valence-electron chi connectivity index (χ4n) is 1.22. The lowest BCUT2D eigenvalue weighted by Crippen LogP contribution is -2.02. The number of hydrogen-bond donors (Lipinski definition) is 1. The Kier molecular flexibility index (Phi) is 7.44. The average Bonchev–Trinajstić information content (AvgIpc) is 2.32. The highest BCUT2D eigenvalue weighted by Gasteiger charge is 1.99. The fourth-order valence-corrected chi connectivity index (χ4v) is 2.27. The zero-order chi connectivity index (χ0) is 12.5. The summed E-state index contributed by atoms with van der Waals surface area (Å²) in [5, 5.41) is 0.607. The summed E-state index contributed by atoms with van der Waals surface area (Å²) in [6, 6.07) is 5.67. The molecule has 0 radical (unpaired) electrons. The van der Waals surface area contributed by atoms with Crippen molar-refractivity contribution in [2.75, 3.05) is 38.4 Å². The molecule has 0 atom stereocenters. The lowest BCUT2D eigenvalue weighted by Gasteiger charge is -2.05. The van der Waals surface area contributed by atoms with Gasteiger partial charge in [0, 0.05) is 31.0 Å². The molecule has 0 spiro atoms. The number of ether oxygens (including phenoxy) is 2. The van der Waals surface area contributed by atoms with E-state index < -0.39 is 0 Å². The highest BCUT2D eigenvalue weighted by atomic mass is 35.5. The van der Waals surface area contributed by atoms with Gasteiger partial charge < -0.3 is 15.2 Å². The Hall–Kier alpha value is -0.420. The first-order valence-corrected chi connectivity index (χ1v) is 6.85. The van der Waals surface area contributed by atoms with Crippen LogP contribution in [0, 0.1) is 0 Å². The molecule has 5 heteroatoms. The first-order chi connectivity index (χ1) is 8.24. The number of nitrogen functional groups attached to an aromatic ring is 1. The molecular weight excluding hydrogens is 258 g/mol. The van der Waals surface area contributed by atoms with Crippen LogP contribution < -0.4 is 5.73 Å². The molecule has 0 bridgehead atoms. The van der Waals surface area contributed by atoms with Gasteiger partial charge >= 0.3 is 0 Å². The lowest BCUT2D eigenvalue weighted by atomic mass is 10.3. The molecule has 2 N–H and O–H groups in total. The van der Waals surface area contributed by atoms with Crippen LogP contribution >= 0.6 is 23.4 Å². The van der Waals surface area contributed by atoms with Crippen molar-refractivity contribution < 1.29 is 9.47 Å². The van der Waals surface area contributed by atoms with E-state index in [1.165, 1.54) is 0 Å². The Morgan fingerprint density at radius 3 is 2.82 bits per heavy atom. The maximum absolute atomic E-state index is 5.93. The zero-order valence-electron chi connectivity index (χ0n) is 9.95. The zero-order valence-corrected chi connectivity index (χ0v) is 11.5. The molecule has 1 aromatic carbocycles. The van der Waals surface area contributed by atoms with Gasteiger partial charge in [-0.1, -0.05) is 11.6 Å². The van der Waals surface area contributed by atoms with E-state index in [9.17, 15) is 0 Å². The molecule has 0 aliphatic heterocycles. The van der Waals surface area contributed by atoms with Gasteiger partial charge in [0.2, 0.25) is 0 Å². The molecule has 0 unspecified atom stereocenters. The predicted octanol–water partition coefficient (Wildman–Crippen LogP) is 3.07. The highest BCUT2D eigenvalue weighted by molar-refractivity contribution is 7.99. The second-order valence-corrected chi connectivity index (χ2v) is 5.07. The quantitative estimate of drug-likeness (QED) is 0.450. The third-order valence-corrected chi connectivity index (χ3v) is 3.39. The lowest BCUT2D eigenvalue weighted by molar-refractivity contribution is 0.113. The van der Waals surface area contributed by atoms with Crippen molar-refractivity contribution in [3.63, 3.8) is 0 Å². The second-order valence-electron chi connectivity index (χ2n) is 3.49. The summed E-state index contributed by atoms with van der Waals surface area (Å²) in [6.45, 7) is 2.23. The van der Waals surface area contributed by atoms with Crippen molar-refractivity contribution >= 4 is 29.1 Å². The summed E-state index contributed by atoms with van der Waals surface area (Å²) in [7, 11) is 1.70. The van der Waals surface area contributed by atoms with E-state index in [2.05, 4.69) is 0 Å². The molecule has 3 nitrogen and oxygen atoms in total. The van der Waals surface area contributed by atoms with Gasteiger partial charge in [0.25, 0.3) is 0 Å². The molecule has 0 fully saturated rings. The SMILES string of the molecule is COCCCOCCSc1ccc(N)c(Cl)c1. The van der Waals surface area contributed by atoms with Gasteiger partial charge in [-0.15, -0.1) is 11.8 Å². The number of anilines is 1. The van der Waals surface area contributed by atoms with Gasteiger partial charge in [-0.2, -0.15) is 0 Å². The molecule has 0 aliphatic rings. The molecule has 1 rings (SSSR count). The number of methoxy groups -OCH3 is 1. The normalized spacial score (nSPS) is 10.7. The standard InChI is InChI=1S/C12H18ClNO2S/c1-15-5-2-6-16-7-8-17-10-3-4-12(14)11(13)9-10/h3-4,9H,2,5-8,14H2,1H3. The molecule has 0 saturated carbocycles. The van der Waals surface area contributed by atoms with Crippen molar-refractivity contribution in [3.05, 3.63) is 23.2 Å². The van der Waals surface area contributed by atoms with Crippen LogP contribution in [0.4, 0.5) is 5.69 Å². The summed E-state index contributed by atoms with van der Waals surface area (Å²) in [4.78, 5) is 1.12. The molecular formula is C12H18ClNO2S. The fraction of sp³-hybridized carbons (Fsp3) is 0.500. The van der Waals surface area contributed by atoms with Gasteiger partial charge in [0.05, 0.1) is 17.3 Å². The minimum atomic E-state index is 0.607. The number of benzene rings is 1. The molecule has 0 amide bonds. The van der Waals surface area contributed by atoms with E-state index in [1.807, 2.05) is 18.2 Å². The third kappa shape index (κ3) is 6.17. The summed E-state index contributed by atoms with van der Waals surface area (Å²) in [5.41, 5.74) is 6.25. The van der Waals surface area contributed by atoms with E-state index in [0.29, 0.717) is 10.7 Å².